The van der Waals surface area contributed by atoms with Gasteiger partial charge in [-0.05, 0) is 73.7 Å². The molecule has 1 aliphatic heterocycles. The molecule has 1 saturated heterocycles. The molecule has 4 aliphatic rings. The highest BCUT2D eigenvalue weighted by Gasteiger charge is 2.56. The van der Waals surface area contributed by atoms with E-state index in [9.17, 15) is 29.1 Å². The lowest BCUT2D eigenvalue weighted by Gasteiger charge is -2.42. The Morgan fingerprint density at radius 1 is 0.837 bits per heavy atom. The molecule has 3 aromatic carbocycles. The number of phenols is 1. The summed E-state index contributed by atoms with van der Waals surface area (Å²) < 4.78 is 0. The van der Waals surface area contributed by atoms with Crippen LogP contribution in [-0.2, 0) is 19.2 Å². The van der Waals surface area contributed by atoms with Gasteiger partial charge in [-0.15, -0.1) is 0 Å². The van der Waals surface area contributed by atoms with Crippen molar-refractivity contribution in [1.82, 2.24) is 0 Å². The van der Waals surface area contributed by atoms with Gasteiger partial charge in [0.1, 0.15) is 5.75 Å². The molecule has 1 heterocycles. The molecule has 0 saturated carbocycles. The standard InChI is InChI=1S/C36H27NO6/c1-19-16-29(39)28-18-27-25(30(32(28)33(19)40)22-8-5-9-24(38)17-22)14-15-26-31(27)36(43)37(35(26)42)23-12-10-21(11-13-23)34(41)20-6-3-2-4-7-20/h2-14,16-17,26-27,30-31,38H,15,18H2,1H3. The van der Waals surface area contributed by atoms with Crippen molar-refractivity contribution in [3.63, 3.8) is 0 Å². The van der Waals surface area contributed by atoms with Crippen LogP contribution in [0.4, 0.5) is 5.69 Å². The zero-order chi connectivity index (χ0) is 30.0. The van der Waals surface area contributed by atoms with Crippen LogP contribution in [0.2, 0.25) is 0 Å². The second kappa shape index (κ2) is 9.98. The third-order valence-corrected chi connectivity index (χ3v) is 9.19. The molecule has 0 bridgehead atoms. The van der Waals surface area contributed by atoms with Crippen LogP contribution in [0.15, 0.2) is 113 Å². The van der Waals surface area contributed by atoms with Crippen LogP contribution in [0.5, 0.6) is 5.75 Å². The van der Waals surface area contributed by atoms with Gasteiger partial charge in [0, 0.05) is 33.8 Å². The monoisotopic (exact) mass is 569 g/mol. The molecule has 4 atom stereocenters. The molecule has 3 aliphatic carbocycles. The number of carbonyl (C=O) groups excluding carboxylic acids is 5. The average molecular weight is 570 g/mol. The van der Waals surface area contributed by atoms with Crippen molar-refractivity contribution < 1.29 is 29.1 Å². The van der Waals surface area contributed by atoms with Crippen molar-refractivity contribution in [1.29, 1.82) is 0 Å². The summed E-state index contributed by atoms with van der Waals surface area (Å²) in [6.45, 7) is 1.62. The molecule has 1 fully saturated rings. The first-order valence-corrected chi connectivity index (χ1v) is 14.3. The van der Waals surface area contributed by atoms with Crippen molar-refractivity contribution in [3.05, 3.63) is 130 Å². The third kappa shape index (κ3) is 4.14. The second-order valence-electron chi connectivity index (χ2n) is 11.6. The second-order valence-corrected chi connectivity index (χ2v) is 11.6. The Morgan fingerprint density at radius 2 is 1.56 bits per heavy atom. The molecule has 212 valence electrons. The summed E-state index contributed by atoms with van der Waals surface area (Å²) in [5.41, 5.74) is 3.98. The highest BCUT2D eigenvalue weighted by Crippen LogP contribution is 2.55. The molecule has 4 unspecified atom stereocenters. The number of anilines is 1. The molecule has 7 heteroatoms. The fourth-order valence-electron chi connectivity index (χ4n) is 7.22. The topological polar surface area (TPSA) is 109 Å². The number of carbonyl (C=O) groups is 5. The number of nitrogens with zero attached hydrogens (tertiary/aromatic N) is 1. The SMILES string of the molecule is CC1=CC(=O)C2=C(C1=O)C(c1cccc(O)c1)C1=CCC3C(=O)N(c4ccc(C(=O)c5ccccc5)cc4)C(=O)C3C1C2. The number of Topliss-reactive ketones (excluding diaryl/α,β-unsaturated/α-hetero) is 1. The van der Waals surface area contributed by atoms with Crippen molar-refractivity contribution in [2.75, 3.05) is 4.90 Å². The van der Waals surface area contributed by atoms with Gasteiger partial charge in [-0.1, -0.05) is 54.1 Å². The van der Waals surface area contributed by atoms with Crippen LogP contribution < -0.4 is 4.90 Å². The molecular formula is C36H27NO6. The zero-order valence-electron chi connectivity index (χ0n) is 23.3. The number of amides is 2. The van der Waals surface area contributed by atoms with E-state index in [2.05, 4.69) is 0 Å². The molecule has 2 amide bonds. The maximum absolute atomic E-state index is 14.1. The fraction of sp³-hybridized carbons (Fsp3) is 0.194. The van der Waals surface area contributed by atoms with Crippen LogP contribution in [0.1, 0.15) is 47.2 Å². The number of hydrogen-bond acceptors (Lipinski definition) is 6. The van der Waals surface area contributed by atoms with Gasteiger partial charge < -0.3 is 5.11 Å². The van der Waals surface area contributed by atoms with Gasteiger partial charge in [-0.25, -0.2) is 0 Å². The Balaban J connectivity index is 1.25. The van der Waals surface area contributed by atoms with Crippen LogP contribution in [0.25, 0.3) is 0 Å². The molecule has 1 N–H and O–H groups in total. The number of imide groups is 1. The van der Waals surface area contributed by atoms with Gasteiger partial charge in [-0.2, -0.15) is 0 Å². The van der Waals surface area contributed by atoms with Crippen molar-refractivity contribution >= 4 is 34.9 Å². The summed E-state index contributed by atoms with van der Waals surface area (Å²) in [6, 6.07) is 22.0. The van der Waals surface area contributed by atoms with E-state index in [-0.39, 0.29) is 41.3 Å². The summed E-state index contributed by atoms with van der Waals surface area (Å²) >= 11 is 0. The van der Waals surface area contributed by atoms with Crippen LogP contribution in [0.3, 0.4) is 0 Å². The van der Waals surface area contributed by atoms with Crippen LogP contribution in [-0.4, -0.2) is 34.3 Å². The van der Waals surface area contributed by atoms with E-state index < -0.39 is 23.7 Å². The van der Waals surface area contributed by atoms with Crippen LogP contribution in [0, 0.1) is 17.8 Å². The molecular weight excluding hydrogens is 542 g/mol. The van der Waals surface area contributed by atoms with E-state index in [1.807, 2.05) is 18.2 Å². The summed E-state index contributed by atoms with van der Waals surface area (Å²) in [4.78, 5) is 68.7. The van der Waals surface area contributed by atoms with E-state index >= 15 is 0 Å². The average Bonchev–Trinajstić information content (AvgIpc) is 3.28. The Morgan fingerprint density at radius 3 is 2.28 bits per heavy atom. The molecule has 43 heavy (non-hydrogen) atoms. The van der Waals surface area contributed by atoms with Crippen molar-refractivity contribution in [2.24, 2.45) is 17.8 Å². The Bertz CT molecular complexity index is 1850. The van der Waals surface area contributed by atoms with E-state index in [0.717, 1.165) is 5.57 Å². The van der Waals surface area contributed by atoms with E-state index in [4.69, 9.17) is 0 Å². The normalized spacial score (nSPS) is 24.7. The maximum Gasteiger partial charge on any atom is 0.238 e. The smallest absolute Gasteiger partial charge is 0.238 e. The number of fused-ring (bicyclic) bond motifs is 3. The van der Waals surface area contributed by atoms with Crippen LogP contribution >= 0.6 is 0 Å². The van der Waals surface area contributed by atoms with E-state index in [1.165, 1.54) is 11.0 Å². The predicted molar refractivity (Wildman–Crippen MR) is 158 cm³/mol. The van der Waals surface area contributed by atoms with Gasteiger partial charge in [-0.3, -0.25) is 28.9 Å². The lowest BCUT2D eigenvalue weighted by atomic mass is 9.59. The summed E-state index contributed by atoms with van der Waals surface area (Å²) in [7, 11) is 0. The number of aromatic hydroxyl groups is 1. The van der Waals surface area contributed by atoms with Gasteiger partial charge in [0.05, 0.1) is 17.5 Å². The first-order chi connectivity index (χ1) is 20.7. The third-order valence-electron chi connectivity index (χ3n) is 9.19. The molecule has 3 aromatic rings. The first-order valence-electron chi connectivity index (χ1n) is 14.3. The lowest BCUT2D eigenvalue weighted by molar-refractivity contribution is -0.123. The quantitative estimate of drug-likeness (QED) is 0.199. The number of allylic oxidation sites excluding steroid dienone is 6. The molecule has 7 nitrogen and oxygen atoms in total. The lowest BCUT2D eigenvalue weighted by Crippen LogP contribution is -2.39. The Hall–Kier alpha value is -5.17. The molecule has 0 aromatic heterocycles. The minimum Gasteiger partial charge on any atom is -0.508 e. The highest BCUT2D eigenvalue weighted by atomic mass is 16.3. The van der Waals surface area contributed by atoms with Crippen molar-refractivity contribution in [3.8, 4) is 5.75 Å². The van der Waals surface area contributed by atoms with Gasteiger partial charge in [0.2, 0.25) is 11.8 Å². The summed E-state index contributed by atoms with van der Waals surface area (Å²) in [5.74, 6) is -3.66. The molecule has 0 radical (unpaired) electrons. The fourth-order valence-corrected chi connectivity index (χ4v) is 7.22. The van der Waals surface area contributed by atoms with E-state index in [0.29, 0.717) is 45.5 Å². The van der Waals surface area contributed by atoms with Gasteiger partial charge >= 0.3 is 0 Å². The van der Waals surface area contributed by atoms with Crippen molar-refractivity contribution in [2.45, 2.75) is 25.7 Å². The largest absolute Gasteiger partial charge is 0.508 e. The first kappa shape index (κ1) is 26.7. The zero-order valence-corrected chi connectivity index (χ0v) is 23.3. The van der Waals surface area contributed by atoms with E-state index in [1.54, 1.807) is 73.7 Å². The number of rotatable bonds is 4. The number of phenolic OH excluding ortho intramolecular Hbond substituents is 1. The molecule has 0 spiro atoms. The summed E-state index contributed by atoms with van der Waals surface area (Å²) in [6.07, 6.45) is 3.80. The maximum atomic E-state index is 14.1. The number of hydrogen-bond donors (Lipinski definition) is 1. The summed E-state index contributed by atoms with van der Waals surface area (Å²) in [5, 5.41) is 10.3. The Labute approximate surface area is 247 Å². The predicted octanol–water partition coefficient (Wildman–Crippen LogP) is 5.26. The minimum atomic E-state index is -0.707. The number of ketones is 3. The number of benzene rings is 3. The highest BCUT2D eigenvalue weighted by molar-refractivity contribution is 6.25. The van der Waals surface area contributed by atoms with Gasteiger partial charge in [0.25, 0.3) is 0 Å². The molecule has 7 rings (SSSR count). The minimum absolute atomic E-state index is 0.0328. The van der Waals surface area contributed by atoms with Gasteiger partial charge in [0.15, 0.2) is 17.3 Å². The Kier molecular flexibility index (Phi) is 6.20.